The lowest BCUT2D eigenvalue weighted by Gasteiger charge is -2.35. The summed E-state index contributed by atoms with van der Waals surface area (Å²) in [6.07, 6.45) is 0.845. The molecule has 2 rings (SSSR count). The molecule has 0 aromatic heterocycles. The molecule has 1 saturated heterocycles. The first-order valence-corrected chi connectivity index (χ1v) is 6.72. The third kappa shape index (κ3) is 3.12. The highest BCUT2D eigenvalue weighted by Crippen LogP contribution is 2.34. The Morgan fingerprint density at radius 3 is 2.65 bits per heavy atom. The number of rotatable bonds is 1. The minimum atomic E-state index is -0.0413. The Kier molecular flexibility index (Phi) is 5.22. The smallest absolute Gasteiger partial charge is 0.160 e. The van der Waals surface area contributed by atoms with E-state index in [0.29, 0.717) is 13.0 Å². The average molecular weight is 258 g/mol. The molecule has 3 unspecified atom stereocenters. The van der Waals surface area contributed by atoms with Gasteiger partial charge in [0, 0.05) is 22.7 Å². The molecule has 3 atom stereocenters. The predicted octanol–water partition coefficient (Wildman–Crippen LogP) is 2.79. The number of allylic oxidation sites excluding steroid dienone is 1. The lowest BCUT2D eigenvalue weighted by atomic mass is 10.1. The number of thioether (sulfide) groups is 1. The summed E-state index contributed by atoms with van der Waals surface area (Å²) in [6, 6.07) is 0. The van der Waals surface area contributed by atoms with Crippen molar-refractivity contribution in [2.45, 2.75) is 52.9 Å². The standard InChI is InChI=1S/C12H18O3S.CH4/c1-7-10(13)4-5-16-12(7)11-6-14-8(2)9(3)15-11;/h8-9,11H,4-6H2,1-3H3;1H4. The van der Waals surface area contributed by atoms with Gasteiger partial charge in [0.05, 0.1) is 18.8 Å². The predicted molar refractivity (Wildman–Crippen MR) is 71.3 cm³/mol. The van der Waals surface area contributed by atoms with Crippen molar-refractivity contribution in [3.05, 3.63) is 10.5 Å². The molecule has 2 aliphatic rings. The maximum Gasteiger partial charge on any atom is 0.160 e. The molecule has 0 aromatic carbocycles. The molecular weight excluding hydrogens is 236 g/mol. The Bertz CT molecular complexity index is 325. The van der Waals surface area contributed by atoms with Crippen molar-refractivity contribution in [2.75, 3.05) is 12.4 Å². The molecule has 1 fully saturated rings. The van der Waals surface area contributed by atoms with Crippen LogP contribution in [0.4, 0.5) is 0 Å². The van der Waals surface area contributed by atoms with Gasteiger partial charge in [-0.2, -0.15) is 0 Å². The van der Waals surface area contributed by atoms with Gasteiger partial charge in [-0.15, -0.1) is 11.8 Å². The third-order valence-corrected chi connectivity index (χ3v) is 4.51. The summed E-state index contributed by atoms with van der Waals surface area (Å²) >= 11 is 1.74. The van der Waals surface area contributed by atoms with Gasteiger partial charge in [-0.05, 0) is 20.8 Å². The highest BCUT2D eigenvalue weighted by Gasteiger charge is 2.31. The molecule has 17 heavy (non-hydrogen) atoms. The van der Waals surface area contributed by atoms with E-state index in [1.165, 1.54) is 0 Å². The molecule has 0 bridgehead atoms. The maximum absolute atomic E-state index is 11.6. The van der Waals surface area contributed by atoms with E-state index in [1.807, 2.05) is 20.8 Å². The van der Waals surface area contributed by atoms with Crippen LogP contribution in [0.15, 0.2) is 10.5 Å². The van der Waals surface area contributed by atoms with Crippen molar-refractivity contribution in [3.63, 3.8) is 0 Å². The highest BCUT2D eigenvalue weighted by atomic mass is 32.2. The summed E-state index contributed by atoms with van der Waals surface area (Å²) in [5, 5.41) is 0. The fourth-order valence-electron chi connectivity index (χ4n) is 1.94. The van der Waals surface area contributed by atoms with Gasteiger partial charge in [0.25, 0.3) is 0 Å². The Morgan fingerprint density at radius 2 is 2.00 bits per heavy atom. The van der Waals surface area contributed by atoms with Crippen LogP contribution in [0.25, 0.3) is 0 Å². The SMILES string of the molecule is C.CC1=C(C2COC(C)C(C)O2)SCCC1=O. The van der Waals surface area contributed by atoms with Gasteiger partial charge >= 0.3 is 0 Å². The van der Waals surface area contributed by atoms with E-state index in [0.717, 1.165) is 16.2 Å². The second-order valence-electron chi connectivity index (χ2n) is 4.38. The zero-order chi connectivity index (χ0) is 11.7. The lowest BCUT2D eigenvalue weighted by molar-refractivity contribution is -0.153. The zero-order valence-corrected chi connectivity index (χ0v) is 10.8. The largest absolute Gasteiger partial charge is 0.373 e. The van der Waals surface area contributed by atoms with Crippen molar-refractivity contribution in [2.24, 2.45) is 0 Å². The van der Waals surface area contributed by atoms with Crippen LogP contribution in [0.2, 0.25) is 0 Å². The molecule has 98 valence electrons. The quantitative estimate of drug-likeness (QED) is 0.724. The van der Waals surface area contributed by atoms with Gasteiger partial charge in [0.2, 0.25) is 0 Å². The van der Waals surface area contributed by atoms with Crippen molar-refractivity contribution >= 4 is 17.5 Å². The lowest BCUT2D eigenvalue weighted by Crippen LogP contribution is -2.41. The first-order chi connectivity index (χ1) is 7.59. The van der Waals surface area contributed by atoms with E-state index in [9.17, 15) is 4.79 Å². The topological polar surface area (TPSA) is 35.5 Å². The molecule has 0 radical (unpaired) electrons. The van der Waals surface area contributed by atoms with Gasteiger partial charge in [-0.25, -0.2) is 0 Å². The number of carbonyl (C=O) groups excluding carboxylic acids is 1. The molecule has 2 heterocycles. The summed E-state index contributed by atoms with van der Waals surface area (Å²) in [7, 11) is 0. The minimum absolute atomic E-state index is 0. The van der Waals surface area contributed by atoms with Crippen LogP contribution >= 0.6 is 11.8 Å². The van der Waals surface area contributed by atoms with E-state index in [1.54, 1.807) is 11.8 Å². The van der Waals surface area contributed by atoms with Gasteiger partial charge in [0.15, 0.2) is 5.78 Å². The maximum atomic E-state index is 11.6. The number of ether oxygens (including phenoxy) is 2. The average Bonchev–Trinajstić information content (AvgIpc) is 2.26. The summed E-state index contributed by atoms with van der Waals surface area (Å²) in [5.74, 6) is 1.12. The van der Waals surface area contributed by atoms with E-state index >= 15 is 0 Å². The van der Waals surface area contributed by atoms with Crippen LogP contribution in [0.1, 0.15) is 34.6 Å². The normalized spacial score (nSPS) is 34.5. The monoisotopic (exact) mass is 258 g/mol. The van der Waals surface area contributed by atoms with Crippen LogP contribution in [-0.2, 0) is 14.3 Å². The first kappa shape index (κ1) is 14.7. The molecular formula is C13H22O3S. The van der Waals surface area contributed by atoms with Gasteiger partial charge in [-0.3, -0.25) is 4.79 Å². The molecule has 0 aliphatic carbocycles. The minimum Gasteiger partial charge on any atom is -0.373 e. The van der Waals surface area contributed by atoms with Crippen molar-refractivity contribution in [3.8, 4) is 0 Å². The summed E-state index contributed by atoms with van der Waals surface area (Å²) in [6.45, 7) is 6.50. The Balaban J connectivity index is 0.00000144. The fourth-order valence-corrected chi connectivity index (χ4v) is 3.09. The second-order valence-corrected chi connectivity index (χ2v) is 5.52. The number of hydrogen-bond acceptors (Lipinski definition) is 4. The Hall–Kier alpha value is -0.320. The molecule has 2 aliphatic heterocycles. The van der Waals surface area contributed by atoms with Crippen LogP contribution in [0.3, 0.4) is 0 Å². The van der Waals surface area contributed by atoms with Crippen molar-refractivity contribution < 1.29 is 14.3 Å². The molecule has 0 amide bonds. The molecule has 0 aromatic rings. The fraction of sp³-hybridized carbons (Fsp3) is 0.769. The Labute approximate surface area is 108 Å². The van der Waals surface area contributed by atoms with E-state index < -0.39 is 0 Å². The third-order valence-electron chi connectivity index (χ3n) is 3.22. The summed E-state index contributed by atoms with van der Waals surface area (Å²) in [4.78, 5) is 12.7. The van der Waals surface area contributed by atoms with Gasteiger partial charge < -0.3 is 9.47 Å². The number of hydrogen-bond donors (Lipinski definition) is 0. The number of carbonyl (C=O) groups is 1. The van der Waals surface area contributed by atoms with Gasteiger partial charge in [0.1, 0.15) is 6.10 Å². The number of Topliss-reactive ketones (excluding diaryl/α,β-unsaturated/α-hetero) is 1. The molecule has 0 N–H and O–H groups in total. The van der Waals surface area contributed by atoms with E-state index in [4.69, 9.17) is 9.47 Å². The van der Waals surface area contributed by atoms with Crippen LogP contribution in [0.5, 0.6) is 0 Å². The molecule has 0 saturated carbocycles. The van der Waals surface area contributed by atoms with E-state index in [-0.39, 0.29) is 31.5 Å². The van der Waals surface area contributed by atoms with Crippen LogP contribution in [0, 0.1) is 0 Å². The second kappa shape index (κ2) is 6.03. The number of ketones is 1. The molecule has 4 heteroatoms. The summed E-state index contributed by atoms with van der Waals surface area (Å²) in [5.41, 5.74) is 0.867. The first-order valence-electron chi connectivity index (χ1n) is 5.73. The zero-order valence-electron chi connectivity index (χ0n) is 9.99. The van der Waals surface area contributed by atoms with Crippen LogP contribution in [-0.4, -0.2) is 36.5 Å². The summed E-state index contributed by atoms with van der Waals surface area (Å²) < 4.78 is 11.6. The molecule has 3 nitrogen and oxygen atoms in total. The Morgan fingerprint density at radius 1 is 1.29 bits per heavy atom. The van der Waals surface area contributed by atoms with E-state index in [2.05, 4.69) is 0 Å². The molecule has 0 spiro atoms. The van der Waals surface area contributed by atoms with Gasteiger partial charge in [-0.1, -0.05) is 7.43 Å². The van der Waals surface area contributed by atoms with Crippen molar-refractivity contribution in [1.29, 1.82) is 0 Å². The highest BCUT2D eigenvalue weighted by molar-refractivity contribution is 8.03. The van der Waals surface area contributed by atoms with Crippen molar-refractivity contribution in [1.82, 2.24) is 0 Å². The van der Waals surface area contributed by atoms with Crippen LogP contribution < -0.4 is 0 Å².